The molecule has 1 N–H and O–H groups in total. The monoisotopic (exact) mass is 374 g/mol. The topological polar surface area (TPSA) is 53.0 Å². The Bertz CT molecular complexity index is 810. The van der Waals surface area contributed by atoms with Crippen LogP contribution in [0.3, 0.4) is 0 Å². The second-order valence-corrected chi connectivity index (χ2v) is 6.92. The molecule has 1 aliphatic rings. The normalized spacial score (nSPS) is 13.9. The zero-order valence-corrected chi connectivity index (χ0v) is 15.8. The van der Waals surface area contributed by atoms with Gasteiger partial charge in [-0.25, -0.2) is 0 Å². The van der Waals surface area contributed by atoms with Gasteiger partial charge in [-0.1, -0.05) is 30.7 Å². The molecule has 3 rings (SSSR count). The lowest BCUT2D eigenvalue weighted by Gasteiger charge is -2.23. The molecule has 1 amide bonds. The number of aromatic hydroxyl groups is 1. The number of carbonyl (C=O) groups excluding carboxylic acids is 1. The average Bonchev–Trinajstić information content (AvgIpc) is 2.84. The first-order chi connectivity index (χ1) is 12.5. The number of hydrogen-bond acceptors (Lipinski definition) is 4. The van der Waals surface area contributed by atoms with Crippen LogP contribution in [0, 0.1) is 0 Å². The molecule has 2 aromatic carbocycles. The SMILES string of the molecule is CCN(C)CC(=O)N1CCOc2c(O)cc(-c3cccc(Cl)c3)cc2C1. The lowest BCUT2D eigenvalue weighted by atomic mass is 10.0. The van der Waals surface area contributed by atoms with Gasteiger partial charge in [0, 0.05) is 17.1 Å². The van der Waals surface area contributed by atoms with Crippen LogP contribution >= 0.6 is 11.6 Å². The van der Waals surface area contributed by atoms with E-state index in [9.17, 15) is 9.90 Å². The van der Waals surface area contributed by atoms with Gasteiger partial charge >= 0.3 is 0 Å². The van der Waals surface area contributed by atoms with Crippen LogP contribution in [0.1, 0.15) is 12.5 Å². The van der Waals surface area contributed by atoms with Crippen LogP contribution in [0.15, 0.2) is 36.4 Å². The minimum absolute atomic E-state index is 0.0541. The van der Waals surface area contributed by atoms with Crippen molar-refractivity contribution in [2.45, 2.75) is 13.5 Å². The number of nitrogens with zero attached hydrogens (tertiary/aromatic N) is 2. The number of rotatable bonds is 4. The third-order valence-corrected chi connectivity index (χ3v) is 4.81. The quantitative estimate of drug-likeness (QED) is 0.891. The van der Waals surface area contributed by atoms with E-state index in [4.69, 9.17) is 16.3 Å². The average molecular weight is 375 g/mol. The number of benzene rings is 2. The summed E-state index contributed by atoms with van der Waals surface area (Å²) in [6, 6.07) is 11.1. The summed E-state index contributed by atoms with van der Waals surface area (Å²) in [5.74, 6) is 0.589. The zero-order chi connectivity index (χ0) is 18.7. The fourth-order valence-corrected chi connectivity index (χ4v) is 3.18. The van der Waals surface area contributed by atoms with Crippen molar-refractivity contribution in [2.24, 2.45) is 0 Å². The molecular weight excluding hydrogens is 352 g/mol. The first-order valence-electron chi connectivity index (χ1n) is 8.69. The third kappa shape index (κ3) is 4.11. The van der Waals surface area contributed by atoms with Crippen LogP contribution in [0.5, 0.6) is 11.5 Å². The maximum atomic E-state index is 12.6. The highest BCUT2D eigenvalue weighted by molar-refractivity contribution is 6.30. The van der Waals surface area contributed by atoms with E-state index in [0.29, 0.717) is 37.0 Å². The smallest absolute Gasteiger partial charge is 0.237 e. The van der Waals surface area contributed by atoms with E-state index in [1.54, 1.807) is 11.0 Å². The molecule has 1 aliphatic heterocycles. The number of halogens is 1. The number of phenols is 1. The summed E-state index contributed by atoms with van der Waals surface area (Å²) in [5.41, 5.74) is 2.54. The molecule has 6 heteroatoms. The molecule has 1 heterocycles. The van der Waals surface area contributed by atoms with Gasteiger partial charge in [0.05, 0.1) is 13.1 Å². The fraction of sp³-hybridized carbons (Fsp3) is 0.350. The Balaban J connectivity index is 1.91. The predicted octanol–water partition coefficient (Wildman–Crippen LogP) is 3.39. The van der Waals surface area contributed by atoms with Crippen LogP contribution in [0.25, 0.3) is 11.1 Å². The van der Waals surface area contributed by atoms with Crippen molar-refractivity contribution in [3.8, 4) is 22.6 Å². The van der Waals surface area contributed by atoms with Crippen molar-refractivity contribution in [3.05, 3.63) is 47.0 Å². The first-order valence-corrected chi connectivity index (χ1v) is 9.06. The molecule has 0 spiro atoms. The van der Waals surface area contributed by atoms with Crippen molar-refractivity contribution < 1.29 is 14.6 Å². The molecule has 0 saturated heterocycles. The Kier molecular flexibility index (Phi) is 5.69. The fourth-order valence-electron chi connectivity index (χ4n) is 2.99. The summed E-state index contributed by atoms with van der Waals surface area (Å²) < 4.78 is 5.72. The van der Waals surface area contributed by atoms with E-state index in [1.807, 2.05) is 49.2 Å². The van der Waals surface area contributed by atoms with Gasteiger partial charge in [-0.15, -0.1) is 0 Å². The Morgan fingerprint density at radius 2 is 2.12 bits per heavy atom. The van der Waals surface area contributed by atoms with Crippen LogP contribution in [-0.4, -0.2) is 54.1 Å². The molecule has 0 atom stereocenters. The Hall–Kier alpha value is -2.24. The lowest BCUT2D eigenvalue weighted by Crippen LogP contribution is -2.39. The summed E-state index contributed by atoms with van der Waals surface area (Å²) in [6.45, 7) is 4.46. The van der Waals surface area contributed by atoms with Crippen LogP contribution in [0.4, 0.5) is 0 Å². The molecule has 2 aromatic rings. The second kappa shape index (κ2) is 7.98. The van der Waals surface area contributed by atoms with Gasteiger partial charge in [-0.3, -0.25) is 9.69 Å². The number of amides is 1. The molecule has 0 aromatic heterocycles. The molecule has 0 fully saturated rings. The molecule has 0 radical (unpaired) electrons. The summed E-state index contributed by atoms with van der Waals surface area (Å²) in [6.07, 6.45) is 0. The maximum absolute atomic E-state index is 12.6. The molecule has 0 bridgehead atoms. The summed E-state index contributed by atoms with van der Waals surface area (Å²) in [5, 5.41) is 11.1. The van der Waals surface area contributed by atoms with Gasteiger partial charge in [0.2, 0.25) is 5.91 Å². The van der Waals surface area contributed by atoms with E-state index in [2.05, 4.69) is 0 Å². The third-order valence-electron chi connectivity index (χ3n) is 4.57. The van der Waals surface area contributed by atoms with Crippen molar-refractivity contribution >= 4 is 17.5 Å². The van der Waals surface area contributed by atoms with Crippen LogP contribution < -0.4 is 4.74 Å². The molecule has 26 heavy (non-hydrogen) atoms. The molecule has 0 aliphatic carbocycles. The van der Waals surface area contributed by atoms with E-state index in [1.165, 1.54) is 0 Å². The van der Waals surface area contributed by atoms with Gasteiger partial charge in [0.1, 0.15) is 6.61 Å². The number of ether oxygens (including phenoxy) is 1. The van der Waals surface area contributed by atoms with Crippen molar-refractivity contribution in [3.63, 3.8) is 0 Å². The number of carbonyl (C=O) groups is 1. The zero-order valence-electron chi connectivity index (χ0n) is 15.0. The Labute approximate surface area is 158 Å². The van der Waals surface area contributed by atoms with E-state index >= 15 is 0 Å². The molecule has 138 valence electrons. The van der Waals surface area contributed by atoms with E-state index < -0.39 is 0 Å². The van der Waals surface area contributed by atoms with Gasteiger partial charge < -0.3 is 14.7 Å². The molecule has 5 nitrogen and oxygen atoms in total. The number of phenolic OH excluding ortho intramolecular Hbond substituents is 1. The highest BCUT2D eigenvalue weighted by Crippen LogP contribution is 2.38. The number of likely N-dealkylation sites (N-methyl/N-ethyl adjacent to an activating group) is 1. The van der Waals surface area contributed by atoms with Gasteiger partial charge in [0.25, 0.3) is 0 Å². The van der Waals surface area contributed by atoms with Crippen LogP contribution in [-0.2, 0) is 11.3 Å². The van der Waals surface area contributed by atoms with Gasteiger partial charge in [0.15, 0.2) is 11.5 Å². The van der Waals surface area contributed by atoms with Crippen molar-refractivity contribution in [1.29, 1.82) is 0 Å². The van der Waals surface area contributed by atoms with Crippen molar-refractivity contribution in [1.82, 2.24) is 9.80 Å². The summed E-state index contributed by atoms with van der Waals surface area (Å²) in [4.78, 5) is 16.3. The van der Waals surface area contributed by atoms with Gasteiger partial charge in [-0.2, -0.15) is 0 Å². The first kappa shape index (κ1) is 18.5. The van der Waals surface area contributed by atoms with Gasteiger partial charge in [-0.05, 0) is 49.0 Å². The lowest BCUT2D eigenvalue weighted by molar-refractivity contribution is -0.132. The standard InChI is InChI=1S/C20H23ClN2O3/c1-3-22(2)13-19(25)23-7-8-26-20-16(12-23)9-15(11-18(20)24)14-5-4-6-17(21)10-14/h4-6,9-11,24H,3,7-8,12-13H2,1-2H3. The van der Waals surface area contributed by atoms with Crippen LogP contribution in [0.2, 0.25) is 5.02 Å². The Morgan fingerprint density at radius 1 is 1.31 bits per heavy atom. The number of hydrogen-bond donors (Lipinski definition) is 1. The van der Waals surface area contributed by atoms with E-state index in [0.717, 1.165) is 23.2 Å². The van der Waals surface area contributed by atoms with Crippen molar-refractivity contribution in [2.75, 3.05) is 33.3 Å². The minimum Gasteiger partial charge on any atom is -0.504 e. The number of fused-ring (bicyclic) bond motifs is 1. The summed E-state index contributed by atoms with van der Waals surface area (Å²) >= 11 is 6.09. The molecule has 0 unspecified atom stereocenters. The molecule has 0 saturated carbocycles. The maximum Gasteiger partial charge on any atom is 0.237 e. The highest BCUT2D eigenvalue weighted by Gasteiger charge is 2.23. The highest BCUT2D eigenvalue weighted by atomic mass is 35.5. The largest absolute Gasteiger partial charge is 0.504 e. The van der Waals surface area contributed by atoms with E-state index in [-0.39, 0.29) is 11.7 Å². The summed E-state index contributed by atoms with van der Waals surface area (Å²) in [7, 11) is 1.92. The second-order valence-electron chi connectivity index (χ2n) is 6.49. The Morgan fingerprint density at radius 3 is 2.85 bits per heavy atom. The molecular formula is C20H23ClN2O3. The predicted molar refractivity (Wildman–Crippen MR) is 103 cm³/mol. The minimum atomic E-state index is 0.0541.